The molecule has 0 bridgehead atoms. The lowest BCUT2D eigenvalue weighted by atomic mass is 9.37. The molecule has 0 aliphatic carbocycles. The van der Waals surface area contributed by atoms with Gasteiger partial charge in [-0.25, -0.2) is 0 Å². The Kier molecular flexibility index (Phi) is 31.4. The highest BCUT2D eigenvalue weighted by atomic mass is 14.5. The van der Waals surface area contributed by atoms with Gasteiger partial charge in [-0.2, -0.15) is 0 Å². The van der Waals surface area contributed by atoms with Gasteiger partial charge >= 0.3 is 0 Å². The van der Waals surface area contributed by atoms with Gasteiger partial charge in [-0.3, -0.25) is 0 Å². The Morgan fingerprint density at radius 1 is 0.275 bits per heavy atom. The van der Waals surface area contributed by atoms with Crippen molar-refractivity contribution in [2.75, 3.05) is 13.1 Å². The predicted molar refractivity (Wildman–Crippen MR) is 307 cm³/mol. The van der Waals surface area contributed by atoms with Crippen molar-refractivity contribution >= 4 is 23.1 Å². The third-order valence-electron chi connectivity index (χ3n) is 14.0. The average Bonchev–Trinajstić information content (AvgIpc) is 3.41. The second-order valence-electron chi connectivity index (χ2n) is 19.5. The van der Waals surface area contributed by atoms with E-state index in [0.717, 1.165) is 19.5 Å². The van der Waals surface area contributed by atoms with Crippen LogP contribution in [0.4, 0.5) is 0 Å². The third-order valence-corrected chi connectivity index (χ3v) is 14.0. The highest BCUT2D eigenvalue weighted by molar-refractivity contribution is 6.95. The van der Waals surface area contributed by atoms with Crippen molar-refractivity contribution in [3.05, 3.63) is 199 Å². The van der Waals surface area contributed by atoms with Crippen LogP contribution in [0.3, 0.4) is 0 Å². The van der Waals surface area contributed by atoms with Crippen LogP contribution in [0.15, 0.2) is 182 Å². The molecule has 2 nitrogen and oxygen atoms in total. The van der Waals surface area contributed by atoms with Crippen LogP contribution in [-0.2, 0) is 5.41 Å². The molecule has 0 radical (unpaired) electrons. The molecule has 0 aliphatic rings. The first-order chi connectivity index (χ1) is 34.2. The summed E-state index contributed by atoms with van der Waals surface area (Å²) in [6.45, 7) is 4.31. The largest absolute Gasteiger partial charge is 0.330 e. The van der Waals surface area contributed by atoms with Gasteiger partial charge in [-0.15, -0.1) is 0 Å². The maximum absolute atomic E-state index is 5.59. The Bertz CT molecular complexity index is 1800. The van der Waals surface area contributed by atoms with Crippen molar-refractivity contribution in [2.45, 2.75) is 179 Å². The fourth-order valence-electron chi connectivity index (χ4n) is 10.1. The number of hydrogen-bond donors (Lipinski definition) is 2. The maximum Gasteiger partial charge on any atom is 0.241 e. The molecule has 6 aromatic rings. The van der Waals surface area contributed by atoms with Crippen LogP contribution in [-0.4, -0.2) is 19.8 Å². The fraction of sp³-hybridized carbons (Fsp3) is 0.455. The summed E-state index contributed by atoms with van der Waals surface area (Å²) in [6, 6.07) is 65.3. The van der Waals surface area contributed by atoms with Gasteiger partial charge in [-0.1, -0.05) is 353 Å². The van der Waals surface area contributed by atoms with Crippen LogP contribution in [0, 0.1) is 0 Å². The lowest BCUT2D eigenvalue weighted by Gasteiger charge is -2.36. The molecule has 0 saturated carbocycles. The quantitative estimate of drug-likeness (QED) is 0.0245. The molecule has 6 aromatic carbocycles. The van der Waals surface area contributed by atoms with E-state index in [1.807, 2.05) is 0 Å². The standard InChI is InChI=1S/C30H39N.C18H15B.C18H39N/c31-26-18-7-5-3-1-2-4-6-17-25-30(27-19-11-8-12-20-27,28-21-13-9-14-22-28)29-23-15-10-16-24-29;1-4-10-16(11-5-1)19(17-12-6-2-7-13-17)18-14-8-3-9-15-18;1-2-3-4-5-6-7-8-9-10-11-12-13-14-15-16-17-18-19/h8-16,19-24H,1-7,17-18,25-26,31H2;1-15H;2-19H2,1H3. The molecule has 0 aliphatic heterocycles. The van der Waals surface area contributed by atoms with Crippen LogP contribution >= 0.6 is 0 Å². The lowest BCUT2D eigenvalue weighted by Crippen LogP contribution is -2.51. The number of rotatable bonds is 33. The van der Waals surface area contributed by atoms with Crippen molar-refractivity contribution in [1.29, 1.82) is 0 Å². The van der Waals surface area contributed by atoms with Crippen molar-refractivity contribution < 1.29 is 0 Å². The minimum Gasteiger partial charge on any atom is -0.330 e. The molecular weight excluding hydrogens is 832 g/mol. The Balaban J connectivity index is 0.000000237. The van der Waals surface area contributed by atoms with E-state index in [-0.39, 0.29) is 5.41 Å². The van der Waals surface area contributed by atoms with Gasteiger partial charge in [0.2, 0.25) is 6.71 Å². The number of nitrogens with two attached hydrogens (primary N) is 2. The molecule has 0 unspecified atom stereocenters. The van der Waals surface area contributed by atoms with E-state index < -0.39 is 0 Å². The molecule has 0 spiro atoms. The van der Waals surface area contributed by atoms with E-state index in [4.69, 9.17) is 11.5 Å². The molecular formula is C66H93BN2. The smallest absolute Gasteiger partial charge is 0.241 e. The van der Waals surface area contributed by atoms with Crippen LogP contribution < -0.4 is 27.9 Å². The molecule has 3 heteroatoms. The zero-order valence-electron chi connectivity index (χ0n) is 43.4. The fourth-order valence-corrected chi connectivity index (χ4v) is 10.1. The number of benzene rings is 6. The van der Waals surface area contributed by atoms with Crippen LogP contribution in [0.5, 0.6) is 0 Å². The van der Waals surface area contributed by atoms with Gasteiger partial charge < -0.3 is 11.5 Å². The summed E-state index contributed by atoms with van der Waals surface area (Å²) in [4.78, 5) is 0. The van der Waals surface area contributed by atoms with Crippen molar-refractivity contribution in [1.82, 2.24) is 0 Å². The van der Waals surface area contributed by atoms with Gasteiger partial charge in [0.1, 0.15) is 0 Å². The molecule has 0 heterocycles. The molecule has 4 N–H and O–H groups in total. The highest BCUT2D eigenvalue weighted by Crippen LogP contribution is 2.43. The van der Waals surface area contributed by atoms with E-state index in [0.29, 0.717) is 6.71 Å². The van der Waals surface area contributed by atoms with E-state index >= 15 is 0 Å². The Morgan fingerprint density at radius 3 is 0.739 bits per heavy atom. The van der Waals surface area contributed by atoms with Crippen molar-refractivity contribution in [2.24, 2.45) is 11.5 Å². The minimum absolute atomic E-state index is 0.0913. The second kappa shape index (κ2) is 38.1. The molecule has 370 valence electrons. The number of hydrogen-bond acceptors (Lipinski definition) is 2. The van der Waals surface area contributed by atoms with Crippen LogP contribution in [0.25, 0.3) is 0 Å². The zero-order chi connectivity index (χ0) is 48.6. The minimum atomic E-state index is -0.0913. The lowest BCUT2D eigenvalue weighted by molar-refractivity contribution is 0.493. The summed E-state index contributed by atoms with van der Waals surface area (Å²) in [5.41, 5.74) is 19.2. The first-order valence-electron chi connectivity index (χ1n) is 28.0. The summed E-state index contributed by atoms with van der Waals surface area (Å²) in [7, 11) is 0. The summed E-state index contributed by atoms with van der Waals surface area (Å²) in [5.74, 6) is 0. The summed E-state index contributed by atoms with van der Waals surface area (Å²) >= 11 is 0. The molecule has 0 saturated heterocycles. The van der Waals surface area contributed by atoms with Crippen molar-refractivity contribution in [3.63, 3.8) is 0 Å². The Hall–Kier alpha value is -4.70. The topological polar surface area (TPSA) is 52.0 Å². The highest BCUT2D eigenvalue weighted by Gasteiger charge is 2.35. The van der Waals surface area contributed by atoms with Gasteiger partial charge in [-0.05, 0) is 49.0 Å². The van der Waals surface area contributed by atoms with Crippen LogP contribution in [0.2, 0.25) is 0 Å². The average molecular weight is 925 g/mol. The van der Waals surface area contributed by atoms with Gasteiger partial charge in [0, 0.05) is 5.41 Å². The van der Waals surface area contributed by atoms with Crippen molar-refractivity contribution in [3.8, 4) is 0 Å². The summed E-state index contributed by atoms with van der Waals surface area (Å²) in [5, 5.41) is 0. The van der Waals surface area contributed by atoms with E-state index in [1.54, 1.807) is 0 Å². The van der Waals surface area contributed by atoms with Gasteiger partial charge in [0.25, 0.3) is 0 Å². The zero-order valence-corrected chi connectivity index (χ0v) is 43.4. The molecule has 0 amide bonds. The van der Waals surface area contributed by atoms with Gasteiger partial charge in [0.05, 0.1) is 0 Å². The summed E-state index contributed by atoms with van der Waals surface area (Å²) in [6.07, 6.45) is 35.8. The molecule has 6 rings (SSSR count). The third kappa shape index (κ3) is 22.7. The number of unbranched alkanes of at least 4 members (excludes halogenated alkanes) is 23. The second-order valence-corrected chi connectivity index (χ2v) is 19.5. The van der Waals surface area contributed by atoms with Gasteiger partial charge in [0.15, 0.2) is 0 Å². The van der Waals surface area contributed by atoms with E-state index in [1.165, 1.54) is 194 Å². The molecule has 69 heavy (non-hydrogen) atoms. The van der Waals surface area contributed by atoms with Crippen LogP contribution in [0.1, 0.15) is 191 Å². The first-order valence-corrected chi connectivity index (χ1v) is 28.0. The molecule has 0 aromatic heterocycles. The maximum atomic E-state index is 5.59. The molecule has 0 fully saturated rings. The monoisotopic (exact) mass is 925 g/mol. The SMILES string of the molecule is CCCCCCCCCCCCCCCCCCN.NCCCCCCCCCCCC(c1ccccc1)(c1ccccc1)c1ccccc1.c1ccc(B(c2ccccc2)c2ccccc2)cc1. The van der Waals surface area contributed by atoms with E-state index in [9.17, 15) is 0 Å². The Labute approximate surface area is 423 Å². The normalized spacial score (nSPS) is 11.0. The predicted octanol–water partition coefficient (Wildman–Crippen LogP) is 16.3. The molecule has 0 atom stereocenters. The summed E-state index contributed by atoms with van der Waals surface area (Å²) < 4.78 is 0. The van der Waals surface area contributed by atoms with E-state index in [2.05, 4.69) is 189 Å². The Morgan fingerprint density at radius 2 is 0.493 bits per heavy atom. The first kappa shape index (κ1) is 56.9.